The van der Waals surface area contributed by atoms with Gasteiger partial charge in [0.1, 0.15) is 22.9 Å². The van der Waals surface area contributed by atoms with Crippen molar-refractivity contribution in [1.82, 2.24) is 19.9 Å². The van der Waals surface area contributed by atoms with E-state index in [1.54, 1.807) is 24.8 Å². The molecule has 39 heavy (non-hydrogen) atoms. The first-order valence-electron chi connectivity index (χ1n) is 12.7. The largest absolute Gasteiger partial charge is 0.444 e. The topological polar surface area (TPSA) is 126 Å². The van der Waals surface area contributed by atoms with Gasteiger partial charge in [-0.05, 0) is 83.2 Å². The van der Waals surface area contributed by atoms with Gasteiger partial charge in [0.05, 0.1) is 17.0 Å². The monoisotopic (exact) mass is 546 g/mol. The fourth-order valence-electron chi connectivity index (χ4n) is 4.71. The van der Waals surface area contributed by atoms with Crippen molar-refractivity contribution in [3.05, 3.63) is 57.1 Å². The molecule has 1 aliphatic heterocycles. The van der Waals surface area contributed by atoms with Gasteiger partial charge in [0.15, 0.2) is 0 Å². The number of alkyl halides is 3. The average Bonchev–Trinajstić information content (AvgIpc) is 2.81. The van der Waals surface area contributed by atoms with Crippen LogP contribution in [0, 0.1) is 6.92 Å². The molecule has 1 atom stereocenters. The lowest BCUT2D eigenvalue weighted by Gasteiger charge is -2.33. The second-order valence-electron chi connectivity index (χ2n) is 10.9. The SMILES string of the molecule is Cc1nc(N[C@H](C)c2cc(N)cc(C(F)(F)F)c2)c2cc(C3CCN(C(=O)OC(C)(C)C)CC3)c(=O)[nH]c2n1. The summed E-state index contributed by atoms with van der Waals surface area (Å²) >= 11 is 0. The summed E-state index contributed by atoms with van der Waals surface area (Å²) in [6, 6.07) is 4.58. The molecule has 12 heteroatoms. The maximum atomic E-state index is 13.3. The van der Waals surface area contributed by atoms with Gasteiger partial charge in [0, 0.05) is 24.3 Å². The number of likely N-dealkylation sites (tertiary alicyclic amines) is 1. The van der Waals surface area contributed by atoms with Gasteiger partial charge in [-0.15, -0.1) is 0 Å². The predicted molar refractivity (Wildman–Crippen MR) is 143 cm³/mol. The molecule has 4 N–H and O–H groups in total. The summed E-state index contributed by atoms with van der Waals surface area (Å²) in [5.74, 6) is 0.658. The van der Waals surface area contributed by atoms with E-state index < -0.39 is 23.4 Å². The van der Waals surface area contributed by atoms with Crippen molar-refractivity contribution < 1.29 is 22.7 Å². The third kappa shape index (κ3) is 6.61. The Kier molecular flexibility index (Phi) is 7.50. The summed E-state index contributed by atoms with van der Waals surface area (Å²) in [5.41, 5.74) is 5.25. The van der Waals surface area contributed by atoms with Crippen LogP contribution >= 0.6 is 0 Å². The fourth-order valence-corrected chi connectivity index (χ4v) is 4.71. The van der Waals surface area contributed by atoms with Crippen molar-refractivity contribution >= 4 is 28.6 Å². The maximum absolute atomic E-state index is 13.3. The Morgan fingerprint density at radius 1 is 1.15 bits per heavy atom. The number of halogens is 3. The summed E-state index contributed by atoms with van der Waals surface area (Å²) in [4.78, 5) is 38.7. The van der Waals surface area contributed by atoms with E-state index in [9.17, 15) is 22.8 Å². The maximum Gasteiger partial charge on any atom is 0.416 e. The van der Waals surface area contributed by atoms with Crippen LogP contribution in [-0.2, 0) is 10.9 Å². The molecule has 0 spiro atoms. The number of fused-ring (bicyclic) bond motifs is 1. The quantitative estimate of drug-likeness (QED) is 0.368. The number of nitrogens with two attached hydrogens (primary N) is 1. The predicted octanol–water partition coefficient (Wildman–Crippen LogP) is 5.52. The first-order valence-corrected chi connectivity index (χ1v) is 12.7. The summed E-state index contributed by atoms with van der Waals surface area (Å²) in [5, 5.41) is 3.71. The van der Waals surface area contributed by atoms with Gasteiger partial charge < -0.3 is 25.7 Å². The number of piperidine rings is 1. The molecule has 3 heterocycles. The van der Waals surface area contributed by atoms with E-state index in [2.05, 4.69) is 20.3 Å². The van der Waals surface area contributed by atoms with Gasteiger partial charge in [-0.3, -0.25) is 4.79 Å². The van der Waals surface area contributed by atoms with Gasteiger partial charge >= 0.3 is 12.3 Å². The van der Waals surface area contributed by atoms with E-state index in [1.165, 1.54) is 6.07 Å². The van der Waals surface area contributed by atoms with E-state index in [-0.39, 0.29) is 23.3 Å². The molecule has 0 aliphatic carbocycles. The van der Waals surface area contributed by atoms with Gasteiger partial charge in [-0.25, -0.2) is 14.8 Å². The second kappa shape index (κ2) is 10.4. The molecule has 2 aromatic heterocycles. The van der Waals surface area contributed by atoms with Crippen molar-refractivity contribution in [2.75, 3.05) is 24.1 Å². The first-order chi connectivity index (χ1) is 18.1. The van der Waals surface area contributed by atoms with Crippen LogP contribution in [0.3, 0.4) is 0 Å². The molecule has 210 valence electrons. The Morgan fingerprint density at radius 3 is 2.44 bits per heavy atom. The first kappa shape index (κ1) is 28.2. The van der Waals surface area contributed by atoms with Crippen LogP contribution in [0.4, 0.5) is 29.5 Å². The number of hydrogen-bond acceptors (Lipinski definition) is 7. The minimum Gasteiger partial charge on any atom is -0.444 e. The van der Waals surface area contributed by atoms with Crippen molar-refractivity contribution in [3.8, 4) is 0 Å². The number of anilines is 2. The average molecular weight is 547 g/mol. The highest BCUT2D eigenvalue weighted by molar-refractivity contribution is 5.87. The Balaban J connectivity index is 1.61. The minimum atomic E-state index is -4.53. The summed E-state index contributed by atoms with van der Waals surface area (Å²) in [6.07, 6.45) is -3.77. The second-order valence-corrected chi connectivity index (χ2v) is 10.9. The Labute approximate surface area is 224 Å². The van der Waals surface area contributed by atoms with Gasteiger partial charge in [-0.2, -0.15) is 13.2 Å². The molecule has 9 nitrogen and oxygen atoms in total. The third-order valence-corrected chi connectivity index (χ3v) is 6.60. The molecule has 1 aliphatic rings. The number of hydrogen-bond donors (Lipinski definition) is 3. The number of nitrogen functional groups attached to an aromatic ring is 1. The zero-order valence-electron chi connectivity index (χ0n) is 22.6. The smallest absolute Gasteiger partial charge is 0.416 e. The van der Waals surface area contributed by atoms with E-state index in [0.29, 0.717) is 59.7 Å². The van der Waals surface area contributed by atoms with Gasteiger partial charge in [-0.1, -0.05) is 0 Å². The van der Waals surface area contributed by atoms with E-state index in [4.69, 9.17) is 10.5 Å². The molecule has 1 amide bonds. The number of aromatic nitrogens is 3. The number of nitrogens with one attached hydrogen (secondary N) is 2. The van der Waals surface area contributed by atoms with Crippen LogP contribution in [0.2, 0.25) is 0 Å². The molecule has 0 saturated carbocycles. The minimum absolute atomic E-state index is 0.00143. The number of H-pyrrole nitrogens is 1. The highest BCUT2D eigenvalue weighted by atomic mass is 19.4. The van der Waals surface area contributed by atoms with Crippen LogP contribution in [0.1, 0.15) is 75.0 Å². The van der Waals surface area contributed by atoms with Gasteiger partial charge in [0.2, 0.25) is 0 Å². The summed E-state index contributed by atoms with van der Waals surface area (Å²) in [7, 11) is 0. The Morgan fingerprint density at radius 2 is 1.82 bits per heavy atom. The number of rotatable bonds is 4. The number of aromatic amines is 1. The lowest BCUT2D eigenvalue weighted by molar-refractivity contribution is -0.137. The molecule has 1 fully saturated rings. The Bertz CT molecular complexity index is 1440. The highest BCUT2D eigenvalue weighted by Crippen LogP contribution is 2.34. The lowest BCUT2D eigenvalue weighted by Crippen LogP contribution is -2.41. The van der Waals surface area contributed by atoms with Crippen LogP contribution < -0.4 is 16.6 Å². The van der Waals surface area contributed by atoms with Crippen molar-refractivity contribution in [2.24, 2.45) is 0 Å². The van der Waals surface area contributed by atoms with Gasteiger partial charge in [0.25, 0.3) is 5.56 Å². The highest BCUT2D eigenvalue weighted by Gasteiger charge is 2.32. The van der Waals surface area contributed by atoms with Crippen molar-refractivity contribution in [2.45, 2.75) is 71.2 Å². The molecule has 0 radical (unpaired) electrons. The van der Waals surface area contributed by atoms with Crippen LogP contribution in [0.25, 0.3) is 11.0 Å². The number of pyridine rings is 1. The third-order valence-electron chi connectivity index (χ3n) is 6.60. The van der Waals surface area contributed by atoms with E-state index >= 15 is 0 Å². The van der Waals surface area contributed by atoms with Crippen LogP contribution in [0.15, 0.2) is 29.1 Å². The summed E-state index contributed by atoms with van der Waals surface area (Å²) < 4.78 is 45.5. The number of ether oxygens (including phenoxy) is 1. The number of carbonyl (C=O) groups excluding carboxylic acids is 1. The fraction of sp³-hybridized carbons (Fsp3) is 0.481. The number of nitrogens with zero attached hydrogens (tertiary/aromatic N) is 3. The standard InChI is InChI=1S/C27H33F3N6O3/c1-14(17-10-18(27(28,29)30)12-19(31)11-17)32-22-21-13-20(24(37)35-23(21)34-15(2)33-22)16-6-8-36(9-7-16)25(38)39-26(3,4)5/h10-14,16H,6-9,31H2,1-5H3,(H2,32,33,34,35,37)/t14-/m1/s1. The Hall–Kier alpha value is -3.83. The number of aryl methyl sites for hydroxylation is 1. The molecule has 0 unspecified atom stereocenters. The van der Waals surface area contributed by atoms with Crippen molar-refractivity contribution in [3.63, 3.8) is 0 Å². The summed E-state index contributed by atoms with van der Waals surface area (Å²) in [6.45, 7) is 9.69. The molecule has 4 rings (SSSR count). The van der Waals surface area contributed by atoms with Crippen molar-refractivity contribution in [1.29, 1.82) is 0 Å². The molecule has 1 aromatic carbocycles. The number of benzene rings is 1. The molecular weight excluding hydrogens is 513 g/mol. The van der Waals surface area contributed by atoms with Crippen LogP contribution in [0.5, 0.6) is 0 Å². The van der Waals surface area contributed by atoms with E-state index in [0.717, 1.165) is 12.1 Å². The number of amides is 1. The zero-order valence-corrected chi connectivity index (χ0v) is 22.6. The molecule has 3 aromatic rings. The van der Waals surface area contributed by atoms with Crippen LogP contribution in [-0.4, -0.2) is 44.6 Å². The molecule has 1 saturated heterocycles. The lowest BCUT2D eigenvalue weighted by atomic mass is 9.90. The zero-order chi connectivity index (χ0) is 28.7. The van der Waals surface area contributed by atoms with E-state index in [1.807, 2.05) is 20.8 Å². The number of carbonyl (C=O) groups is 1. The molecular formula is C27H33F3N6O3. The molecule has 0 bridgehead atoms. The normalized spacial score (nSPS) is 15.8.